The number of aryl methyl sites for hydroxylation is 2. The van der Waals surface area contributed by atoms with Crippen molar-refractivity contribution in [3.05, 3.63) is 70.2 Å². The van der Waals surface area contributed by atoms with Gasteiger partial charge in [0.15, 0.2) is 0 Å². The highest BCUT2D eigenvalue weighted by Crippen LogP contribution is 2.35. The summed E-state index contributed by atoms with van der Waals surface area (Å²) in [7, 11) is 1.55. The van der Waals surface area contributed by atoms with Crippen molar-refractivity contribution in [2.45, 2.75) is 12.8 Å². The Morgan fingerprint density at radius 3 is 2.62 bits per heavy atom. The average Bonchev–Trinajstić information content (AvgIpc) is 3.02. The number of methoxy groups -OCH3 is 1. The van der Waals surface area contributed by atoms with Gasteiger partial charge in [-0.3, -0.25) is 4.79 Å². The van der Waals surface area contributed by atoms with Gasteiger partial charge in [-0.1, -0.05) is 35.9 Å². The summed E-state index contributed by atoms with van der Waals surface area (Å²) in [4.78, 5) is 12.6. The van der Waals surface area contributed by atoms with E-state index >= 15 is 0 Å². The maximum Gasteiger partial charge on any atom is 0.255 e. The lowest BCUT2D eigenvalue weighted by Crippen LogP contribution is -2.12. The number of amides is 1. The Labute approximate surface area is 145 Å². The summed E-state index contributed by atoms with van der Waals surface area (Å²) >= 11 is 6.12. The largest absolute Gasteiger partial charge is 0.495 e. The summed E-state index contributed by atoms with van der Waals surface area (Å²) in [6, 6.07) is 15.4. The van der Waals surface area contributed by atoms with Crippen LogP contribution >= 0.6 is 11.6 Å². The lowest BCUT2D eigenvalue weighted by atomic mass is 10.0. The Bertz CT molecular complexity index is 955. The Balaban J connectivity index is 1.70. The molecule has 0 saturated carbocycles. The van der Waals surface area contributed by atoms with Crippen LogP contribution in [0.2, 0.25) is 5.02 Å². The van der Waals surface area contributed by atoms with Gasteiger partial charge in [-0.05, 0) is 53.6 Å². The van der Waals surface area contributed by atoms with E-state index in [1.54, 1.807) is 25.3 Å². The van der Waals surface area contributed by atoms with Crippen LogP contribution in [0.15, 0.2) is 48.5 Å². The second-order valence-corrected chi connectivity index (χ2v) is 6.32. The number of ether oxygens (including phenoxy) is 1. The van der Waals surface area contributed by atoms with E-state index in [-0.39, 0.29) is 5.91 Å². The molecule has 0 unspecified atom stereocenters. The van der Waals surface area contributed by atoms with Crippen LogP contribution in [-0.4, -0.2) is 13.0 Å². The summed E-state index contributed by atoms with van der Waals surface area (Å²) < 4.78 is 5.13. The molecule has 0 bridgehead atoms. The first-order valence-corrected chi connectivity index (χ1v) is 8.23. The molecular weight excluding hydrogens is 322 g/mol. The Hall–Kier alpha value is -2.52. The minimum Gasteiger partial charge on any atom is -0.495 e. The van der Waals surface area contributed by atoms with E-state index in [0.717, 1.165) is 23.9 Å². The molecule has 0 radical (unpaired) electrons. The number of halogens is 1. The van der Waals surface area contributed by atoms with Crippen molar-refractivity contribution in [1.29, 1.82) is 0 Å². The van der Waals surface area contributed by atoms with E-state index in [9.17, 15) is 4.79 Å². The summed E-state index contributed by atoms with van der Waals surface area (Å²) in [5.41, 5.74) is 4.04. The van der Waals surface area contributed by atoms with Gasteiger partial charge in [0.1, 0.15) is 5.75 Å². The van der Waals surface area contributed by atoms with Gasteiger partial charge in [0.2, 0.25) is 0 Å². The monoisotopic (exact) mass is 337 g/mol. The molecule has 0 atom stereocenters. The molecule has 120 valence electrons. The van der Waals surface area contributed by atoms with Gasteiger partial charge in [0.05, 0.1) is 12.1 Å². The Morgan fingerprint density at radius 1 is 1.08 bits per heavy atom. The van der Waals surface area contributed by atoms with Crippen LogP contribution in [0.4, 0.5) is 5.69 Å². The molecule has 1 aliphatic carbocycles. The number of hydrogen-bond acceptors (Lipinski definition) is 2. The van der Waals surface area contributed by atoms with E-state index in [1.807, 2.05) is 12.1 Å². The van der Waals surface area contributed by atoms with Crippen LogP contribution in [0.5, 0.6) is 5.75 Å². The zero-order valence-corrected chi connectivity index (χ0v) is 14.0. The third kappa shape index (κ3) is 2.42. The predicted molar refractivity (Wildman–Crippen MR) is 97.3 cm³/mol. The molecule has 4 rings (SSSR count). The lowest BCUT2D eigenvalue weighted by molar-refractivity contribution is 0.102. The number of anilines is 1. The highest BCUT2D eigenvalue weighted by Gasteiger charge is 2.17. The zero-order chi connectivity index (χ0) is 16.7. The van der Waals surface area contributed by atoms with Gasteiger partial charge in [-0.25, -0.2) is 0 Å². The molecule has 0 fully saturated rings. The first-order chi connectivity index (χ1) is 11.7. The zero-order valence-electron chi connectivity index (χ0n) is 13.2. The average molecular weight is 338 g/mol. The normalized spacial score (nSPS) is 12.4. The minimum absolute atomic E-state index is 0.182. The molecule has 1 N–H and O–H groups in total. The third-order valence-corrected chi connectivity index (χ3v) is 4.83. The minimum atomic E-state index is -0.182. The van der Waals surface area contributed by atoms with Crippen molar-refractivity contribution in [1.82, 2.24) is 0 Å². The van der Waals surface area contributed by atoms with Gasteiger partial charge in [-0.2, -0.15) is 0 Å². The standard InChI is InChI=1S/C20H16ClNO2/c1-24-18-10-8-14(11-16(18)21)20(23)22-17-9-7-13-6-5-12-3-2-4-15(17)19(12)13/h2-4,7-11H,5-6H2,1H3,(H,22,23). The lowest BCUT2D eigenvalue weighted by Gasteiger charge is -2.11. The molecule has 1 aliphatic rings. The van der Waals surface area contributed by atoms with Crippen LogP contribution in [-0.2, 0) is 12.8 Å². The second kappa shape index (κ2) is 5.84. The molecule has 0 spiro atoms. The van der Waals surface area contributed by atoms with E-state index in [1.165, 1.54) is 16.5 Å². The van der Waals surface area contributed by atoms with E-state index < -0.39 is 0 Å². The fourth-order valence-corrected chi connectivity index (χ4v) is 3.62. The maximum absolute atomic E-state index is 12.6. The molecule has 3 aromatic rings. The third-order valence-electron chi connectivity index (χ3n) is 4.54. The van der Waals surface area contributed by atoms with Crippen LogP contribution < -0.4 is 10.1 Å². The molecule has 0 heterocycles. The summed E-state index contributed by atoms with van der Waals surface area (Å²) in [5, 5.41) is 5.81. The molecule has 0 aromatic heterocycles. The maximum atomic E-state index is 12.6. The van der Waals surface area contributed by atoms with Crippen LogP contribution in [0, 0.1) is 0 Å². The molecule has 0 aliphatic heterocycles. The highest BCUT2D eigenvalue weighted by atomic mass is 35.5. The fraction of sp³-hybridized carbons (Fsp3) is 0.150. The van der Waals surface area contributed by atoms with Gasteiger partial charge >= 0.3 is 0 Å². The Morgan fingerprint density at radius 2 is 1.88 bits per heavy atom. The summed E-state index contributed by atoms with van der Waals surface area (Å²) in [5.74, 6) is 0.372. The van der Waals surface area contributed by atoms with Crippen LogP contribution in [0.3, 0.4) is 0 Å². The molecule has 24 heavy (non-hydrogen) atoms. The van der Waals surface area contributed by atoms with Gasteiger partial charge < -0.3 is 10.1 Å². The molecule has 4 heteroatoms. The number of carbonyl (C=O) groups is 1. The number of hydrogen-bond donors (Lipinski definition) is 1. The topological polar surface area (TPSA) is 38.3 Å². The molecular formula is C20H16ClNO2. The smallest absolute Gasteiger partial charge is 0.255 e. The van der Waals surface area contributed by atoms with Crippen molar-refractivity contribution in [2.24, 2.45) is 0 Å². The first-order valence-electron chi connectivity index (χ1n) is 7.86. The molecule has 3 aromatic carbocycles. The van der Waals surface area contributed by atoms with Crippen molar-refractivity contribution in [3.8, 4) is 5.75 Å². The quantitative estimate of drug-likeness (QED) is 0.741. The van der Waals surface area contributed by atoms with Crippen LogP contribution in [0.1, 0.15) is 21.5 Å². The van der Waals surface area contributed by atoms with E-state index in [0.29, 0.717) is 16.3 Å². The number of nitrogens with one attached hydrogen (secondary N) is 1. The number of rotatable bonds is 3. The highest BCUT2D eigenvalue weighted by molar-refractivity contribution is 6.32. The van der Waals surface area contributed by atoms with Crippen molar-refractivity contribution in [2.75, 3.05) is 12.4 Å². The molecule has 3 nitrogen and oxygen atoms in total. The van der Waals surface area contributed by atoms with E-state index in [4.69, 9.17) is 16.3 Å². The van der Waals surface area contributed by atoms with E-state index in [2.05, 4.69) is 23.5 Å². The molecule has 1 amide bonds. The second-order valence-electron chi connectivity index (χ2n) is 5.92. The predicted octanol–water partition coefficient (Wildman–Crippen LogP) is 4.85. The van der Waals surface area contributed by atoms with Gasteiger partial charge in [0, 0.05) is 16.6 Å². The first kappa shape index (κ1) is 15.0. The van der Waals surface area contributed by atoms with Crippen LogP contribution in [0.25, 0.3) is 10.8 Å². The van der Waals surface area contributed by atoms with Gasteiger partial charge in [0.25, 0.3) is 5.91 Å². The molecule has 0 saturated heterocycles. The fourth-order valence-electron chi connectivity index (χ4n) is 3.36. The van der Waals surface area contributed by atoms with Crippen molar-refractivity contribution < 1.29 is 9.53 Å². The van der Waals surface area contributed by atoms with Crippen molar-refractivity contribution >= 4 is 34.0 Å². The summed E-state index contributed by atoms with van der Waals surface area (Å²) in [6.45, 7) is 0. The Kier molecular flexibility index (Phi) is 3.66. The van der Waals surface area contributed by atoms with Crippen molar-refractivity contribution in [3.63, 3.8) is 0 Å². The van der Waals surface area contributed by atoms with Gasteiger partial charge in [-0.15, -0.1) is 0 Å². The SMILES string of the molecule is COc1ccc(C(=O)Nc2ccc3c4c(cccc24)CC3)cc1Cl. The number of carbonyl (C=O) groups excluding carboxylic acids is 1. The number of benzene rings is 3. The summed E-state index contributed by atoms with van der Waals surface area (Å²) in [6.07, 6.45) is 2.14.